The van der Waals surface area contributed by atoms with Gasteiger partial charge in [0.05, 0.1) is 11.7 Å². The molecule has 0 amide bonds. The zero-order chi connectivity index (χ0) is 12.6. The number of hydrogen-bond donors (Lipinski definition) is 1. The molecule has 1 unspecified atom stereocenters. The fourth-order valence-electron chi connectivity index (χ4n) is 1.73. The summed E-state index contributed by atoms with van der Waals surface area (Å²) < 4.78 is 0. The van der Waals surface area contributed by atoms with E-state index in [1.165, 1.54) is 16.0 Å². The van der Waals surface area contributed by atoms with Crippen molar-refractivity contribution in [3.05, 3.63) is 50.5 Å². The second-order valence-electron chi connectivity index (χ2n) is 4.52. The monoisotopic (exact) mass is 246 g/mol. The third kappa shape index (κ3) is 2.40. The summed E-state index contributed by atoms with van der Waals surface area (Å²) in [7, 11) is 0. The highest BCUT2D eigenvalue weighted by Crippen LogP contribution is 2.27. The normalized spacial score (nSPS) is 12.8. The van der Waals surface area contributed by atoms with Crippen LogP contribution in [0.5, 0.6) is 0 Å². The van der Waals surface area contributed by atoms with Gasteiger partial charge in [0.2, 0.25) is 0 Å². The number of benzene rings is 1. The first kappa shape index (κ1) is 12.3. The summed E-state index contributed by atoms with van der Waals surface area (Å²) >= 11 is 1.69. The molecule has 0 aliphatic rings. The zero-order valence-corrected chi connectivity index (χ0v) is 11.6. The van der Waals surface area contributed by atoms with Gasteiger partial charge in [-0.25, -0.2) is 4.98 Å². The van der Waals surface area contributed by atoms with Crippen molar-refractivity contribution in [3.8, 4) is 0 Å². The quantitative estimate of drug-likeness (QED) is 0.881. The molecule has 0 fully saturated rings. The van der Waals surface area contributed by atoms with E-state index in [4.69, 9.17) is 5.73 Å². The van der Waals surface area contributed by atoms with Gasteiger partial charge in [-0.1, -0.05) is 18.2 Å². The van der Waals surface area contributed by atoms with Crippen molar-refractivity contribution in [2.24, 2.45) is 5.73 Å². The molecule has 1 aromatic carbocycles. The maximum atomic E-state index is 6.27. The topological polar surface area (TPSA) is 38.9 Å². The Kier molecular flexibility index (Phi) is 3.31. The minimum absolute atomic E-state index is 0.105. The second kappa shape index (κ2) is 4.59. The van der Waals surface area contributed by atoms with E-state index in [2.05, 4.69) is 44.0 Å². The summed E-state index contributed by atoms with van der Waals surface area (Å²) in [5.74, 6) is 0. The van der Waals surface area contributed by atoms with Gasteiger partial charge in [0.1, 0.15) is 5.01 Å². The van der Waals surface area contributed by atoms with Gasteiger partial charge in [-0.05, 0) is 44.4 Å². The van der Waals surface area contributed by atoms with E-state index in [0.29, 0.717) is 0 Å². The average molecular weight is 246 g/mol. The molecule has 3 heteroatoms. The summed E-state index contributed by atoms with van der Waals surface area (Å²) in [6.45, 7) is 8.35. The molecule has 1 aromatic heterocycles. The number of hydrogen-bond acceptors (Lipinski definition) is 3. The first-order chi connectivity index (χ1) is 7.99. The van der Waals surface area contributed by atoms with Crippen molar-refractivity contribution in [2.45, 2.75) is 33.7 Å². The third-order valence-electron chi connectivity index (χ3n) is 3.20. The molecule has 2 aromatic rings. The Bertz CT molecular complexity index is 524. The van der Waals surface area contributed by atoms with Gasteiger partial charge in [0.15, 0.2) is 0 Å². The van der Waals surface area contributed by atoms with E-state index in [1.54, 1.807) is 11.3 Å². The molecule has 2 nitrogen and oxygen atoms in total. The van der Waals surface area contributed by atoms with Crippen LogP contribution in [0.2, 0.25) is 0 Å². The maximum Gasteiger partial charge on any atom is 0.114 e. The lowest BCUT2D eigenvalue weighted by Gasteiger charge is -2.11. The SMILES string of the molecule is Cc1ccc(C(N)c2nc(C)c(C)s2)cc1C. The van der Waals surface area contributed by atoms with E-state index >= 15 is 0 Å². The van der Waals surface area contributed by atoms with Gasteiger partial charge in [-0.2, -0.15) is 0 Å². The molecular weight excluding hydrogens is 228 g/mol. The molecule has 0 saturated heterocycles. The van der Waals surface area contributed by atoms with Gasteiger partial charge >= 0.3 is 0 Å². The Morgan fingerprint density at radius 1 is 1.12 bits per heavy atom. The van der Waals surface area contributed by atoms with Crippen LogP contribution in [0.1, 0.15) is 38.3 Å². The Morgan fingerprint density at radius 2 is 1.82 bits per heavy atom. The third-order valence-corrected chi connectivity index (χ3v) is 4.36. The predicted molar refractivity (Wildman–Crippen MR) is 73.5 cm³/mol. The summed E-state index contributed by atoms with van der Waals surface area (Å²) in [6.07, 6.45) is 0. The maximum absolute atomic E-state index is 6.27. The van der Waals surface area contributed by atoms with Crippen LogP contribution in [0.25, 0.3) is 0 Å². The zero-order valence-electron chi connectivity index (χ0n) is 10.7. The van der Waals surface area contributed by atoms with Crippen LogP contribution in [0.15, 0.2) is 18.2 Å². The molecule has 0 saturated carbocycles. The van der Waals surface area contributed by atoms with Crippen LogP contribution in [0.3, 0.4) is 0 Å². The van der Waals surface area contributed by atoms with E-state index < -0.39 is 0 Å². The first-order valence-corrected chi connectivity index (χ1v) is 6.57. The van der Waals surface area contributed by atoms with Crippen LogP contribution in [0, 0.1) is 27.7 Å². The van der Waals surface area contributed by atoms with E-state index in [1.807, 2.05) is 6.92 Å². The second-order valence-corrected chi connectivity index (χ2v) is 5.75. The number of nitrogens with zero attached hydrogens (tertiary/aromatic N) is 1. The number of aromatic nitrogens is 1. The highest BCUT2D eigenvalue weighted by molar-refractivity contribution is 7.11. The van der Waals surface area contributed by atoms with Crippen LogP contribution in [-0.2, 0) is 0 Å². The van der Waals surface area contributed by atoms with Crippen LogP contribution < -0.4 is 5.73 Å². The standard InChI is InChI=1S/C14H18N2S/c1-8-5-6-12(7-9(8)2)13(15)14-16-10(3)11(4)17-14/h5-7,13H,15H2,1-4H3. The molecule has 0 radical (unpaired) electrons. The molecule has 17 heavy (non-hydrogen) atoms. The van der Waals surface area contributed by atoms with Crippen molar-refractivity contribution < 1.29 is 0 Å². The lowest BCUT2D eigenvalue weighted by atomic mass is 10.0. The van der Waals surface area contributed by atoms with E-state index in [-0.39, 0.29) is 6.04 Å². The number of rotatable bonds is 2. The molecule has 0 aliphatic carbocycles. The van der Waals surface area contributed by atoms with Crippen molar-refractivity contribution in [3.63, 3.8) is 0 Å². The van der Waals surface area contributed by atoms with Crippen LogP contribution in [-0.4, -0.2) is 4.98 Å². The van der Waals surface area contributed by atoms with Gasteiger partial charge < -0.3 is 5.73 Å². The highest BCUT2D eigenvalue weighted by atomic mass is 32.1. The van der Waals surface area contributed by atoms with Gasteiger partial charge in [-0.15, -0.1) is 11.3 Å². The van der Waals surface area contributed by atoms with Crippen LogP contribution in [0.4, 0.5) is 0 Å². The Morgan fingerprint density at radius 3 is 2.35 bits per heavy atom. The summed E-state index contributed by atoms with van der Waals surface area (Å²) in [5, 5.41) is 1.00. The summed E-state index contributed by atoms with van der Waals surface area (Å²) in [6, 6.07) is 6.27. The molecular formula is C14H18N2S. The molecule has 1 atom stereocenters. The fraction of sp³-hybridized carbons (Fsp3) is 0.357. The van der Waals surface area contributed by atoms with Crippen LogP contribution >= 0.6 is 11.3 Å². The number of aryl methyl sites for hydroxylation is 4. The summed E-state index contributed by atoms with van der Waals surface area (Å²) in [4.78, 5) is 5.78. The van der Waals surface area contributed by atoms with Crippen molar-refractivity contribution in [1.29, 1.82) is 0 Å². The van der Waals surface area contributed by atoms with Crippen molar-refractivity contribution in [1.82, 2.24) is 4.98 Å². The first-order valence-electron chi connectivity index (χ1n) is 5.75. The predicted octanol–water partition coefficient (Wildman–Crippen LogP) is 3.42. The molecule has 2 N–H and O–H groups in total. The average Bonchev–Trinajstić information content (AvgIpc) is 2.62. The lowest BCUT2D eigenvalue weighted by molar-refractivity contribution is 0.849. The fourth-order valence-corrected chi connectivity index (χ4v) is 2.68. The Hall–Kier alpha value is -1.19. The van der Waals surface area contributed by atoms with Crippen molar-refractivity contribution >= 4 is 11.3 Å². The number of nitrogens with two attached hydrogens (primary N) is 1. The molecule has 0 aliphatic heterocycles. The van der Waals surface area contributed by atoms with Crippen molar-refractivity contribution in [2.75, 3.05) is 0 Å². The van der Waals surface area contributed by atoms with E-state index in [0.717, 1.165) is 16.3 Å². The smallest absolute Gasteiger partial charge is 0.114 e. The van der Waals surface area contributed by atoms with Gasteiger partial charge in [0.25, 0.3) is 0 Å². The summed E-state index contributed by atoms with van der Waals surface area (Å²) in [5.41, 5.74) is 11.1. The number of thiazole rings is 1. The highest BCUT2D eigenvalue weighted by Gasteiger charge is 2.14. The minimum Gasteiger partial charge on any atom is -0.318 e. The Balaban J connectivity index is 2.36. The lowest BCUT2D eigenvalue weighted by Crippen LogP contribution is -2.11. The van der Waals surface area contributed by atoms with Gasteiger partial charge in [-0.3, -0.25) is 0 Å². The molecule has 0 spiro atoms. The molecule has 0 bridgehead atoms. The molecule has 2 rings (SSSR count). The van der Waals surface area contributed by atoms with E-state index in [9.17, 15) is 0 Å². The van der Waals surface area contributed by atoms with Gasteiger partial charge in [0, 0.05) is 4.88 Å². The molecule has 90 valence electrons. The minimum atomic E-state index is -0.105. The largest absolute Gasteiger partial charge is 0.318 e. The molecule has 1 heterocycles. The Labute approximate surface area is 107 Å².